The van der Waals surface area contributed by atoms with Gasteiger partial charge >= 0.3 is 0 Å². The van der Waals surface area contributed by atoms with Crippen LogP contribution in [0.4, 0.5) is 0 Å². The van der Waals surface area contributed by atoms with Gasteiger partial charge in [-0.25, -0.2) is 0 Å². The summed E-state index contributed by atoms with van der Waals surface area (Å²) in [6.45, 7) is 8.34. The van der Waals surface area contributed by atoms with Crippen LogP contribution in [0.3, 0.4) is 0 Å². The van der Waals surface area contributed by atoms with Crippen LogP contribution in [0.25, 0.3) is 0 Å². The van der Waals surface area contributed by atoms with Crippen molar-refractivity contribution in [3.8, 4) is 0 Å². The summed E-state index contributed by atoms with van der Waals surface area (Å²) in [5.41, 5.74) is 0.966. The third-order valence-electron chi connectivity index (χ3n) is 2.98. The average molecular weight is 209 g/mol. The molecule has 4 heteroatoms. The van der Waals surface area contributed by atoms with Crippen molar-refractivity contribution in [3.63, 3.8) is 0 Å². The predicted octanol–water partition coefficient (Wildman–Crippen LogP) is 1.17. The monoisotopic (exact) mass is 209 g/mol. The summed E-state index contributed by atoms with van der Waals surface area (Å²) in [4.78, 5) is 2.47. The van der Waals surface area contributed by atoms with Crippen molar-refractivity contribution in [1.29, 1.82) is 0 Å². The van der Waals surface area contributed by atoms with Crippen LogP contribution in [0, 0.1) is 6.92 Å². The molecule has 1 N–H and O–H groups in total. The Balaban J connectivity index is 1.97. The van der Waals surface area contributed by atoms with Crippen LogP contribution in [0.2, 0.25) is 0 Å². The molecule has 0 saturated carbocycles. The average Bonchev–Trinajstić information content (AvgIpc) is 2.65. The van der Waals surface area contributed by atoms with Gasteiger partial charge in [0, 0.05) is 31.7 Å². The zero-order valence-corrected chi connectivity index (χ0v) is 9.49. The van der Waals surface area contributed by atoms with E-state index in [-0.39, 0.29) is 0 Å². The molecule has 0 bridgehead atoms. The summed E-state index contributed by atoms with van der Waals surface area (Å²) in [6, 6.07) is 2.65. The molecule has 0 spiro atoms. The van der Waals surface area contributed by atoms with Gasteiger partial charge in [-0.2, -0.15) is 0 Å². The number of aryl methyl sites for hydroxylation is 1. The first-order chi connectivity index (χ1) is 7.29. The number of hydrogen-bond donors (Lipinski definition) is 1. The molecule has 1 aromatic rings. The molecule has 4 nitrogen and oxygen atoms in total. The van der Waals surface area contributed by atoms with E-state index >= 15 is 0 Å². The number of aromatic nitrogens is 1. The van der Waals surface area contributed by atoms with E-state index in [1.54, 1.807) is 0 Å². The minimum absolute atomic E-state index is 0.629. The minimum Gasteiger partial charge on any atom is -0.360 e. The number of nitrogens with one attached hydrogen (secondary N) is 1. The van der Waals surface area contributed by atoms with E-state index in [2.05, 4.69) is 22.3 Å². The van der Waals surface area contributed by atoms with E-state index < -0.39 is 0 Å². The molecular weight excluding hydrogens is 190 g/mol. The normalized spacial score (nSPS) is 23.2. The molecule has 0 amide bonds. The molecule has 1 unspecified atom stereocenters. The topological polar surface area (TPSA) is 41.3 Å². The molecular formula is C11H19N3O. The molecule has 1 aliphatic rings. The number of piperazine rings is 1. The molecule has 1 fully saturated rings. The lowest BCUT2D eigenvalue weighted by Crippen LogP contribution is -2.50. The highest BCUT2D eigenvalue weighted by Gasteiger charge is 2.21. The molecule has 0 aliphatic carbocycles. The van der Waals surface area contributed by atoms with Crippen molar-refractivity contribution in [2.75, 3.05) is 19.6 Å². The maximum atomic E-state index is 5.25. The standard InChI is InChI=1S/C11H19N3O/c1-3-10-7-12-4-5-14(10)8-11-6-9(2)13-15-11/h6,10,12H,3-5,7-8H2,1-2H3. The predicted molar refractivity (Wildman–Crippen MR) is 58.6 cm³/mol. The second-order valence-corrected chi connectivity index (χ2v) is 4.17. The Bertz CT molecular complexity index is 311. The Kier molecular flexibility index (Phi) is 3.38. The molecule has 0 aromatic carbocycles. The van der Waals surface area contributed by atoms with E-state index in [1.807, 2.05) is 13.0 Å². The van der Waals surface area contributed by atoms with E-state index in [4.69, 9.17) is 4.52 Å². The number of nitrogens with zero attached hydrogens (tertiary/aromatic N) is 2. The smallest absolute Gasteiger partial charge is 0.150 e. The first-order valence-electron chi connectivity index (χ1n) is 5.66. The largest absolute Gasteiger partial charge is 0.360 e. The minimum atomic E-state index is 0.629. The van der Waals surface area contributed by atoms with Gasteiger partial charge in [-0.15, -0.1) is 0 Å². The van der Waals surface area contributed by atoms with Crippen molar-refractivity contribution < 1.29 is 4.52 Å². The van der Waals surface area contributed by atoms with Crippen LogP contribution in [0.5, 0.6) is 0 Å². The highest BCUT2D eigenvalue weighted by Crippen LogP contribution is 2.13. The van der Waals surface area contributed by atoms with E-state index in [0.29, 0.717) is 6.04 Å². The Labute approximate surface area is 90.6 Å². The fourth-order valence-electron chi connectivity index (χ4n) is 2.10. The zero-order chi connectivity index (χ0) is 10.7. The van der Waals surface area contributed by atoms with Crippen LogP contribution in [0.1, 0.15) is 24.8 Å². The Hall–Kier alpha value is -0.870. The van der Waals surface area contributed by atoms with Crippen molar-refractivity contribution in [2.24, 2.45) is 0 Å². The summed E-state index contributed by atoms with van der Waals surface area (Å²) in [6.07, 6.45) is 1.18. The van der Waals surface area contributed by atoms with Gasteiger partial charge in [0.1, 0.15) is 0 Å². The van der Waals surface area contributed by atoms with Gasteiger partial charge in [0.2, 0.25) is 0 Å². The lowest BCUT2D eigenvalue weighted by molar-refractivity contribution is 0.134. The first-order valence-corrected chi connectivity index (χ1v) is 5.66. The second kappa shape index (κ2) is 4.77. The van der Waals surface area contributed by atoms with Gasteiger partial charge < -0.3 is 9.84 Å². The molecule has 15 heavy (non-hydrogen) atoms. The van der Waals surface area contributed by atoms with Gasteiger partial charge in [0.15, 0.2) is 5.76 Å². The maximum Gasteiger partial charge on any atom is 0.150 e. The summed E-state index contributed by atoms with van der Waals surface area (Å²) in [5, 5.41) is 7.33. The summed E-state index contributed by atoms with van der Waals surface area (Å²) < 4.78 is 5.25. The third kappa shape index (κ3) is 2.58. The van der Waals surface area contributed by atoms with E-state index in [0.717, 1.165) is 37.6 Å². The highest BCUT2D eigenvalue weighted by atomic mass is 16.5. The second-order valence-electron chi connectivity index (χ2n) is 4.17. The fourth-order valence-corrected chi connectivity index (χ4v) is 2.10. The molecule has 2 heterocycles. The first kappa shape index (κ1) is 10.6. The van der Waals surface area contributed by atoms with Crippen molar-refractivity contribution in [3.05, 3.63) is 17.5 Å². The van der Waals surface area contributed by atoms with Crippen molar-refractivity contribution in [1.82, 2.24) is 15.4 Å². The van der Waals surface area contributed by atoms with Crippen molar-refractivity contribution in [2.45, 2.75) is 32.9 Å². The molecule has 1 aromatic heterocycles. The van der Waals surface area contributed by atoms with Crippen LogP contribution in [-0.4, -0.2) is 35.7 Å². The molecule has 1 saturated heterocycles. The number of hydrogen-bond acceptors (Lipinski definition) is 4. The SMILES string of the molecule is CCC1CNCCN1Cc1cc(C)no1. The van der Waals surface area contributed by atoms with E-state index in [9.17, 15) is 0 Å². The molecule has 0 radical (unpaired) electrons. The summed E-state index contributed by atoms with van der Waals surface area (Å²) in [5.74, 6) is 0.979. The van der Waals surface area contributed by atoms with Gasteiger partial charge in [0.05, 0.1) is 12.2 Å². The van der Waals surface area contributed by atoms with Crippen LogP contribution in [-0.2, 0) is 6.54 Å². The fraction of sp³-hybridized carbons (Fsp3) is 0.727. The summed E-state index contributed by atoms with van der Waals surface area (Å²) >= 11 is 0. The van der Waals surface area contributed by atoms with Gasteiger partial charge in [-0.3, -0.25) is 4.90 Å². The van der Waals surface area contributed by atoms with Crippen LogP contribution < -0.4 is 5.32 Å². The quantitative estimate of drug-likeness (QED) is 0.811. The maximum absolute atomic E-state index is 5.25. The van der Waals surface area contributed by atoms with Gasteiger partial charge in [-0.1, -0.05) is 12.1 Å². The molecule has 84 valence electrons. The van der Waals surface area contributed by atoms with Crippen LogP contribution in [0.15, 0.2) is 10.6 Å². The lowest BCUT2D eigenvalue weighted by atomic mass is 10.1. The van der Waals surface area contributed by atoms with E-state index in [1.165, 1.54) is 6.42 Å². The zero-order valence-electron chi connectivity index (χ0n) is 9.49. The third-order valence-corrected chi connectivity index (χ3v) is 2.98. The molecule has 1 aliphatic heterocycles. The Morgan fingerprint density at radius 2 is 2.53 bits per heavy atom. The van der Waals surface area contributed by atoms with Crippen LogP contribution >= 0.6 is 0 Å². The molecule has 2 rings (SSSR count). The lowest BCUT2D eigenvalue weighted by Gasteiger charge is -2.34. The van der Waals surface area contributed by atoms with Gasteiger partial charge in [0.25, 0.3) is 0 Å². The molecule has 1 atom stereocenters. The summed E-state index contributed by atoms with van der Waals surface area (Å²) in [7, 11) is 0. The highest BCUT2D eigenvalue weighted by molar-refractivity contribution is 5.03. The van der Waals surface area contributed by atoms with Crippen molar-refractivity contribution >= 4 is 0 Å². The van der Waals surface area contributed by atoms with Gasteiger partial charge in [-0.05, 0) is 13.3 Å². The Morgan fingerprint density at radius 3 is 3.20 bits per heavy atom. The Morgan fingerprint density at radius 1 is 1.67 bits per heavy atom. The number of rotatable bonds is 3.